The Hall–Kier alpha value is -1.35. The SMILES string of the molecule is CCN(C(=O)[C@H](N)C(C)(C)C)c1ccc(C)cc1. The average Bonchev–Trinajstić information content (AvgIpc) is 2.30. The molecule has 0 heterocycles. The standard InChI is InChI=1S/C15H24N2O/c1-6-17(12-9-7-11(2)8-10-12)14(18)13(16)15(3,4)5/h7-10,13H,6,16H2,1-5H3/t13-/m0/s1. The fourth-order valence-corrected chi connectivity index (χ4v) is 1.73. The van der Waals surface area contributed by atoms with Gasteiger partial charge < -0.3 is 10.6 Å². The van der Waals surface area contributed by atoms with Gasteiger partial charge in [-0.25, -0.2) is 0 Å². The number of carbonyl (C=O) groups excluding carboxylic acids is 1. The molecule has 0 aromatic heterocycles. The molecule has 0 saturated carbocycles. The Morgan fingerprint density at radius 1 is 1.28 bits per heavy atom. The van der Waals surface area contributed by atoms with E-state index in [0.29, 0.717) is 6.54 Å². The van der Waals surface area contributed by atoms with Gasteiger partial charge in [0.2, 0.25) is 5.91 Å². The Labute approximate surface area is 110 Å². The molecule has 0 radical (unpaired) electrons. The van der Waals surface area contributed by atoms with E-state index in [0.717, 1.165) is 5.69 Å². The molecule has 0 spiro atoms. The molecule has 3 nitrogen and oxygen atoms in total. The minimum Gasteiger partial charge on any atom is -0.319 e. The van der Waals surface area contributed by atoms with Crippen LogP contribution in [0.3, 0.4) is 0 Å². The molecule has 100 valence electrons. The van der Waals surface area contributed by atoms with E-state index in [1.54, 1.807) is 4.90 Å². The lowest BCUT2D eigenvalue weighted by atomic mass is 9.86. The number of benzene rings is 1. The van der Waals surface area contributed by atoms with Gasteiger partial charge in [0.25, 0.3) is 0 Å². The first-order valence-electron chi connectivity index (χ1n) is 6.41. The lowest BCUT2D eigenvalue weighted by Crippen LogP contribution is -2.50. The second-order valence-electron chi connectivity index (χ2n) is 5.76. The smallest absolute Gasteiger partial charge is 0.244 e. The predicted molar refractivity (Wildman–Crippen MR) is 76.6 cm³/mol. The molecule has 0 saturated heterocycles. The van der Waals surface area contributed by atoms with Crippen LogP contribution in [-0.4, -0.2) is 18.5 Å². The van der Waals surface area contributed by atoms with Crippen LogP contribution < -0.4 is 10.6 Å². The molecule has 1 amide bonds. The van der Waals surface area contributed by atoms with Gasteiger partial charge in [0, 0.05) is 12.2 Å². The summed E-state index contributed by atoms with van der Waals surface area (Å²) in [6, 6.07) is 7.46. The van der Waals surface area contributed by atoms with Gasteiger partial charge in [-0.3, -0.25) is 4.79 Å². The molecule has 1 rings (SSSR count). The van der Waals surface area contributed by atoms with Crippen molar-refractivity contribution in [1.29, 1.82) is 0 Å². The molecule has 0 bridgehead atoms. The number of likely N-dealkylation sites (N-methyl/N-ethyl adjacent to an activating group) is 1. The van der Waals surface area contributed by atoms with Crippen LogP contribution in [0.15, 0.2) is 24.3 Å². The fraction of sp³-hybridized carbons (Fsp3) is 0.533. The minimum atomic E-state index is -0.487. The normalized spacial score (nSPS) is 13.2. The topological polar surface area (TPSA) is 46.3 Å². The quantitative estimate of drug-likeness (QED) is 0.894. The third kappa shape index (κ3) is 3.33. The van der Waals surface area contributed by atoms with E-state index in [2.05, 4.69) is 0 Å². The van der Waals surface area contributed by atoms with Crippen molar-refractivity contribution in [3.63, 3.8) is 0 Å². The molecular formula is C15H24N2O. The zero-order valence-corrected chi connectivity index (χ0v) is 12.0. The van der Waals surface area contributed by atoms with Gasteiger partial charge in [0.15, 0.2) is 0 Å². The summed E-state index contributed by atoms with van der Waals surface area (Å²) in [6.45, 7) is 10.6. The van der Waals surface area contributed by atoms with Crippen LogP contribution >= 0.6 is 0 Å². The number of aryl methyl sites for hydroxylation is 1. The van der Waals surface area contributed by atoms with Crippen molar-refractivity contribution in [2.24, 2.45) is 11.1 Å². The number of hydrogen-bond donors (Lipinski definition) is 1. The molecule has 0 fully saturated rings. The molecule has 18 heavy (non-hydrogen) atoms. The summed E-state index contributed by atoms with van der Waals surface area (Å²) < 4.78 is 0. The summed E-state index contributed by atoms with van der Waals surface area (Å²) in [5.41, 5.74) is 7.91. The van der Waals surface area contributed by atoms with Gasteiger partial charge >= 0.3 is 0 Å². The summed E-state index contributed by atoms with van der Waals surface area (Å²) in [5, 5.41) is 0. The molecule has 0 aliphatic rings. The molecule has 2 N–H and O–H groups in total. The molecule has 3 heteroatoms. The van der Waals surface area contributed by atoms with Crippen molar-refractivity contribution in [2.45, 2.75) is 40.7 Å². The van der Waals surface area contributed by atoms with E-state index in [1.165, 1.54) is 5.56 Å². The van der Waals surface area contributed by atoms with Crippen LogP contribution in [0.2, 0.25) is 0 Å². The van der Waals surface area contributed by atoms with Crippen molar-refractivity contribution >= 4 is 11.6 Å². The summed E-state index contributed by atoms with van der Waals surface area (Å²) in [4.78, 5) is 14.2. The van der Waals surface area contributed by atoms with Gasteiger partial charge in [-0.05, 0) is 31.4 Å². The van der Waals surface area contributed by atoms with Crippen LogP contribution in [0.4, 0.5) is 5.69 Å². The fourth-order valence-electron chi connectivity index (χ4n) is 1.73. The maximum absolute atomic E-state index is 12.4. The second-order valence-corrected chi connectivity index (χ2v) is 5.76. The lowest BCUT2D eigenvalue weighted by Gasteiger charge is -2.31. The van der Waals surface area contributed by atoms with Crippen LogP contribution in [0, 0.1) is 12.3 Å². The Balaban J connectivity index is 2.97. The zero-order valence-electron chi connectivity index (χ0n) is 12.0. The summed E-state index contributed by atoms with van der Waals surface area (Å²) in [5.74, 6) is -0.0196. The van der Waals surface area contributed by atoms with E-state index >= 15 is 0 Å². The summed E-state index contributed by atoms with van der Waals surface area (Å²) in [6.07, 6.45) is 0. The van der Waals surface area contributed by atoms with Crippen molar-refractivity contribution in [2.75, 3.05) is 11.4 Å². The molecule has 1 aromatic rings. The van der Waals surface area contributed by atoms with E-state index in [-0.39, 0.29) is 11.3 Å². The number of hydrogen-bond acceptors (Lipinski definition) is 2. The molecule has 0 aliphatic carbocycles. The maximum Gasteiger partial charge on any atom is 0.244 e. The van der Waals surface area contributed by atoms with Gasteiger partial charge in [0.05, 0.1) is 6.04 Å². The molecule has 1 aromatic carbocycles. The van der Waals surface area contributed by atoms with Crippen molar-refractivity contribution in [1.82, 2.24) is 0 Å². The van der Waals surface area contributed by atoms with Crippen molar-refractivity contribution in [3.8, 4) is 0 Å². The second kappa shape index (κ2) is 5.53. The van der Waals surface area contributed by atoms with E-state index in [4.69, 9.17) is 5.73 Å². The first-order chi connectivity index (χ1) is 8.27. The predicted octanol–water partition coefficient (Wildman–Crippen LogP) is 2.72. The first kappa shape index (κ1) is 14.7. The molecule has 1 atom stereocenters. The number of anilines is 1. The number of nitrogens with two attached hydrogens (primary N) is 1. The monoisotopic (exact) mass is 248 g/mol. The van der Waals surface area contributed by atoms with Crippen LogP contribution in [0.1, 0.15) is 33.3 Å². The maximum atomic E-state index is 12.4. The van der Waals surface area contributed by atoms with Crippen LogP contribution in [0.25, 0.3) is 0 Å². The van der Waals surface area contributed by atoms with Gasteiger partial charge in [-0.1, -0.05) is 38.5 Å². The third-order valence-electron chi connectivity index (χ3n) is 3.13. The van der Waals surface area contributed by atoms with Gasteiger partial charge in [-0.15, -0.1) is 0 Å². The molecular weight excluding hydrogens is 224 g/mol. The zero-order chi connectivity index (χ0) is 13.9. The first-order valence-corrected chi connectivity index (χ1v) is 6.41. The highest BCUT2D eigenvalue weighted by Gasteiger charge is 2.31. The van der Waals surface area contributed by atoms with E-state index in [1.807, 2.05) is 58.9 Å². The lowest BCUT2D eigenvalue weighted by molar-refractivity contribution is -0.121. The minimum absolute atomic E-state index is 0.0196. The van der Waals surface area contributed by atoms with Gasteiger partial charge in [-0.2, -0.15) is 0 Å². The molecule has 0 unspecified atom stereocenters. The largest absolute Gasteiger partial charge is 0.319 e. The Kier molecular flexibility index (Phi) is 4.52. The summed E-state index contributed by atoms with van der Waals surface area (Å²) in [7, 11) is 0. The highest BCUT2D eigenvalue weighted by molar-refractivity contribution is 5.97. The number of carbonyl (C=O) groups is 1. The number of rotatable bonds is 3. The van der Waals surface area contributed by atoms with Gasteiger partial charge in [0.1, 0.15) is 0 Å². The Morgan fingerprint density at radius 2 is 1.78 bits per heavy atom. The van der Waals surface area contributed by atoms with Crippen molar-refractivity contribution in [3.05, 3.63) is 29.8 Å². The third-order valence-corrected chi connectivity index (χ3v) is 3.13. The van der Waals surface area contributed by atoms with Crippen LogP contribution in [0.5, 0.6) is 0 Å². The molecule has 0 aliphatic heterocycles. The Morgan fingerprint density at radius 3 is 2.17 bits per heavy atom. The van der Waals surface area contributed by atoms with Crippen LogP contribution in [-0.2, 0) is 4.79 Å². The Bertz CT molecular complexity index is 403. The van der Waals surface area contributed by atoms with Crippen molar-refractivity contribution < 1.29 is 4.79 Å². The summed E-state index contributed by atoms with van der Waals surface area (Å²) >= 11 is 0. The number of nitrogens with zero attached hydrogens (tertiary/aromatic N) is 1. The highest BCUT2D eigenvalue weighted by atomic mass is 16.2. The average molecular weight is 248 g/mol. The van der Waals surface area contributed by atoms with E-state index in [9.17, 15) is 4.79 Å². The van der Waals surface area contributed by atoms with E-state index < -0.39 is 6.04 Å². The highest BCUT2D eigenvalue weighted by Crippen LogP contribution is 2.22. The number of amides is 1.